The summed E-state index contributed by atoms with van der Waals surface area (Å²) in [6, 6.07) is 16.5. The van der Waals surface area contributed by atoms with Crippen LogP contribution in [0.1, 0.15) is 16.8 Å². The van der Waals surface area contributed by atoms with Gasteiger partial charge in [0, 0.05) is 24.3 Å². The number of amides is 1. The van der Waals surface area contributed by atoms with Gasteiger partial charge in [-0.1, -0.05) is 24.8 Å². The summed E-state index contributed by atoms with van der Waals surface area (Å²) in [6.45, 7) is 5.11. The lowest BCUT2D eigenvalue weighted by Crippen LogP contribution is -2.26. The molecular weight excluding hydrogens is 321 g/mol. The van der Waals surface area contributed by atoms with Crippen molar-refractivity contribution in [3.05, 3.63) is 72.6 Å². The van der Waals surface area contributed by atoms with E-state index in [1.807, 2.05) is 30.3 Å². The van der Waals surface area contributed by atoms with Crippen LogP contribution >= 0.6 is 8.30 Å². The fourth-order valence-electron chi connectivity index (χ4n) is 1.95. The third-order valence-electron chi connectivity index (χ3n) is 3.19. The SMILES string of the molecule is C=CP(NCCCNC(=O)c1ccc(N)cc1)Oc1ccccc1. The molecule has 0 fully saturated rings. The highest BCUT2D eigenvalue weighted by Gasteiger charge is 2.07. The average molecular weight is 343 g/mol. The van der Waals surface area contributed by atoms with E-state index in [1.54, 1.807) is 30.1 Å². The van der Waals surface area contributed by atoms with Crippen molar-refractivity contribution in [2.75, 3.05) is 18.8 Å². The van der Waals surface area contributed by atoms with Crippen LogP contribution in [0.4, 0.5) is 5.69 Å². The topological polar surface area (TPSA) is 76.4 Å². The minimum atomic E-state index is -0.927. The first kappa shape index (κ1) is 18.0. The second-order valence-corrected chi connectivity index (χ2v) is 6.57. The number of nitrogens with one attached hydrogen (secondary N) is 2. The van der Waals surface area contributed by atoms with E-state index in [0.29, 0.717) is 17.8 Å². The van der Waals surface area contributed by atoms with E-state index in [9.17, 15) is 4.79 Å². The lowest BCUT2D eigenvalue weighted by atomic mass is 10.2. The molecule has 0 heterocycles. The molecule has 0 spiro atoms. The summed E-state index contributed by atoms with van der Waals surface area (Å²) >= 11 is 0. The molecule has 1 atom stereocenters. The Kier molecular flexibility index (Phi) is 7.27. The molecule has 0 bridgehead atoms. The Hall–Kier alpha value is -2.36. The maximum absolute atomic E-state index is 11.9. The number of carbonyl (C=O) groups excluding carboxylic acids is 1. The summed E-state index contributed by atoms with van der Waals surface area (Å²) in [7, 11) is -0.927. The minimum absolute atomic E-state index is 0.0958. The first-order chi connectivity index (χ1) is 11.7. The molecule has 2 aromatic rings. The summed E-state index contributed by atoms with van der Waals surface area (Å²) in [6.07, 6.45) is 0.797. The van der Waals surface area contributed by atoms with Gasteiger partial charge in [0.15, 0.2) is 8.30 Å². The zero-order valence-corrected chi connectivity index (χ0v) is 14.3. The quantitative estimate of drug-likeness (QED) is 0.370. The molecule has 4 N–H and O–H groups in total. The van der Waals surface area contributed by atoms with E-state index >= 15 is 0 Å². The van der Waals surface area contributed by atoms with Gasteiger partial charge >= 0.3 is 0 Å². The van der Waals surface area contributed by atoms with Gasteiger partial charge in [0.2, 0.25) is 0 Å². The van der Waals surface area contributed by atoms with E-state index in [0.717, 1.165) is 18.7 Å². The summed E-state index contributed by atoms with van der Waals surface area (Å²) < 4.78 is 5.81. The third-order valence-corrected chi connectivity index (χ3v) is 4.47. The van der Waals surface area contributed by atoms with Crippen molar-refractivity contribution < 1.29 is 9.32 Å². The molecule has 0 radical (unpaired) electrons. The van der Waals surface area contributed by atoms with E-state index < -0.39 is 8.30 Å². The maximum Gasteiger partial charge on any atom is 0.251 e. The van der Waals surface area contributed by atoms with Gasteiger partial charge in [0.25, 0.3) is 5.91 Å². The standard InChI is InChI=1S/C18H22N3O2P/c1-2-24(23-17-7-4-3-5-8-17)21-14-6-13-20-18(22)15-9-11-16(19)12-10-15/h2-5,7-12,21H,1,6,13-14,19H2,(H,20,22). The lowest BCUT2D eigenvalue weighted by Gasteiger charge is -2.15. The largest absolute Gasteiger partial charge is 0.455 e. The minimum Gasteiger partial charge on any atom is -0.455 e. The highest BCUT2D eigenvalue weighted by molar-refractivity contribution is 7.54. The molecule has 126 valence electrons. The summed E-state index contributed by atoms with van der Waals surface area (Å²) in [4.78, 5) is 11.9. The van der Waals surface area contributed by atoms with Crippen molar-refractivity contribution in [2.45, 2.75) is 6.42 Å². The van der Waals surface area contributed by atoms with Crippen LogP contribution in [0, 0.1) is 0 Å². The number of carbonyl (C=O) groups is 1. The van der Waals surface area contributed by atoms with E-state index in [1.165, 1.54) is 0 Å². The van der Waals surface area contributed by atoms with Crippen molar-refractivity contribution in [2.24, 2.45) is 0 Å². The predicted molar refractivity (Wildman–Crippen MR) is 100.0 cm³/mol. The van der Waals surface area contributed by atoms with Gasteiger partial charge in [-0.05, 0) is 48.6 Å². The molecule has 6 heteroatoms. The third kappa shape index (κ3) is 6.03. The van der Waals surface area contributed by atoms with Crippen molar-refractivity contribution in [1.82, 2.24) is 10.4 Å². The first-order valence-electron chi connectivity index (χ1n) is 7.71. The maximum atomic E-state index is 11.9. The van der Waals surface area contributed by atoms with Crippen molar-refractivity contribution in [1.29, 1.82) is 0 Å². The van der Waals surface area contributed by atoms with Crippen LogP contribution in [0.2, 0.25) is 0 Å². The number of para-hydroxylation sites is 1. The zero-order chi connectivity index (χ0) is 17.2. The van der Waals surface area contributed by atoms with Gasteiger partial charge in [0.05, 0.1) is 0 Å². The molecule has 1 unspecified atom stereocenters. The Morgan fingerprint density at radius 3 is 2.50 bits per heavy atom. The normalized spacial score (nSPS) is 11.5. The molecule has 0 saturated heterocycles. The average Bonchev–Trinajstić information content (AvgIpc) is 2.61. The van der Waals surface area contributed by atoms with Crippen LogP contribution in [-0.4, -0.2) is 19.0 Å². The predicted octanol–water partition coefficient (Wildman–Crippen LogP) is 3.51. The van der Waals surface area contributed by atoms with Crippen molar-refractivity contribution in [3.8, 4) is 5.75 Å². The monoisotopic (exact) mass is 343 g/mol. The molecular formula is C18H22N3O2P. The van der Waals surface area contributed by atoms with Crippen LogP contribution in [0.3, 0.4) is 0 Å². The van der Waals surface area contributed by atoms with Gasteiger partial charge in [-0.25, -0.2) is 0 Å². The molecule has 0 aliphatic carbocycles. The smallest absolute Gasteiger partial charge is 0.251 e. The Morgan fingerprint density at radius 1 is 1.12 bits per heavy atom. The van der Waals surface area contributed by atoms with Crippen LogP contribution in [0.15, 0.2) is 67.0 Å². The van der Waals surface area contributed by atoms with Crippen molar-refractivity contribution in [3.63, 3.8) is 0 Å². The molecule has 0 saturated carbocycles. The summed E-state index contributed by atoms with van der Waals surface area (Å²) in [5, 5.41) is 6.18. The summed E-state index contributed by atoms with van der Waals surface area (Å²) in [5.41, 5.74) is 6.86. The van der Waals surface area contributed by atoms with Crippen LogP contribution in [0.5, 0.6) is 5.75 Å². The van der Waals surface area contributed by atoms with Gasteiger partial charge in [-0.2, -0.15) is 0 Å². The highest BCUT2D eigenvalue weighted by Crippen LogP contribution is 2.34. The highest BCUT2D eigenvalue weighted by atomic mass is 31.2. The van der Waals surface area contributed by atoms with Crippen LogP contribution < -0.4 is 20.7 Å². The van der Waals surface area contributed by atoms with Crippen molar-refractivity contribution >= 4 is 19.9 Å². The van der Waals surface area contributed by atoms with E-state index in [-0.39, 0.29) is 5.91 Å². The molecule has 0 aliphatic heterocycles. The second-order valence-electron chi connectivity index (χ2n) is 5.05. The number of hydrogen-bond donors (Lipinski definition) is 3. The molecule has 5 nitrogen and oxygen atoms in total. The molecule has 24 heavy (non-hydrogen) atoms. The number of nitrogens with two attached hydrogens (primary N) is 1. The number of nitrogen functional groups attached to an aromatic ring is 1. The lowest BCUT2D eigenvalue weighted by molar-refractivity contribution is 0.0953. The summed E-state index contributed by atoms with van der Waals surface area (Å²) in [5.74, 6) is 2.49. The molecule has 0 aliphatic rings. The first-order valence-corrected chi connectivity index (χ1v) is 9.04. The Bertz CT molecular complexity index is 647. The Labute approximate surface area is 143 Å². The molecule has 0 aromatic heterocycles. The van der Waals surface area contributed by atoms with Gasteiger partial charge in [-0.15, -0.1) is 0 Å². The van der Waals surface area contributed by atoms with Gasteiger partial charge < -0.3 is 15.6 Å². The molecule has 2 aromatic carbocycles. The number of anilines is 1. The van der Waals surface area contributed by atoms with Gasteiger partial charge in [0.1, 0.15) is 5.75 Å². The molecule has 2 rings (SSSR count). The fraction of sp³-hybridized carbons (Fsp3) is 0.167. The van der Waals surface area contributed by atoms with Crippen LogP contribution in [-0.2, 0) is 0 Å². The zero-order valence-electron chi connectivity index (χ0n) is 13.4. The van der Waals surface area contributed by atoms with Crippen LogP contribution in [0.25, 0.3) is 0 Å². The number of rotatable bonds is 9. The Morgan fingerprint density at radius 2 is 1.83 bits per heavy atom. The Balaban J connectivity index is 1.65. The van der Waals surface area contributed by atoms with E-state index in [2.05, 4.69) is 17.0 Å². The molecule has 1 amide bonds. The second kappa shape index (κ2) is 9.71. The van der Waals surface area contributed by atoms with Gasteiger partial charge in [-0.3, -0.25) is 9.88 Å². The van der Waals surface area contributed by atoms with E-state index in [4.69, 9.17) is 10.3 Å². The number of benzene rings is 2. The fourth-order valence-corrected chi connectivity index (χ4v) is 2.94. The number of hydrogen-bond acceptors (Lipinski definition) is 4.